The van der Waals surface area contributed by atoms with Crippen LogP contribution in [0, 0.1) is 11.3 Å². The van der Waals surface area contributed by atoms with E-state index in [0.29, 0.717) is 17.8 Å². The predicted octanol–water partition coefficient (Wildman–Crippen LogP) is 15.1. The lowest BCUT2D eigenvalue weighted by molar-refractivity contribution is 0.448. The third-order valence-corrected chi connectivity index (χ3v) is 15.0. The summed E-state index contributed by atoms with van der Waals surface area (Å²) in [6, 6.07) is 57.6. The van der Waals surface area contributed by atoms with Crippen molar-refractivity contribution in [2.45, 2.75) is 94.3 Å². The number of nitrogens with zero attached hydrogens (tertiary/aromatic N) is 2. The third kappa shape index (κ3) is 6.86. The van der Waals surface area contributed by atoms with Gasteiger partial charge >= 0.3 is 0 Å². The Kier molecular flexibility index (Phi) is 10.1. The van der Waals surface area contributed by atoms with Crippen LogP contribution in [0.25, 0.3) is 32.3 Å². The highest BCUT2D eigenvalue weighted by Crippen LogP contribution is 2.52. The standard InChI is InChI=1S/C58H55N3/c1-38(52(31-39-14-4-2-5-15-39)44-22-12-16-40(30-44)35-59)53-33-54(41-17-8-9-18-41)49-28-29-51-56(34-55(42-19-10-11-20-42)50-27-26-48(53)57(49)58(50)51)61(46-23-6-3-7-24-46)47-25-13-21-43(32-47)45-36-60-37-45/h2-7,12-16,21-30,32-34,38,41-42,45,52,60H,8-11,17-20,31,36-37H2,1H3. The molecule has 2 saturated carbocycles. The van der Waals surface area contributed by atoms with Crippen LogP contribution >= 0.6 is 0 Å². The van der Waals surface area contributed by atoms with Gasteiger partial charge in [-0.15, -0.1) is 0 Å². The lowest BCUT2D eigenvalue weighted by atomic mass is 9.74. The second kappa shape index (κ2) is 16.2. The van der Waals surface area contributed by atoms with Crippen molar-refractivity contribution >= 4 is 49.4 Å². The van der Waals surface area contributed by atoms with Crippen LogP contribution in [0.15, 0.2) is 146 Å². The molecule has 302 valence electrons. The molecule has 11 rings (SSSR count). The first kappa shape index (κ1) is 38.0. The molecule has 3 aliphatic rings. The molecule has 3 nitrogen and oxygen atoms in total. The van der Waals surface area contributed by atoms with E-state index in [9.17, 15) is 5.26 Å². The van der Waals surface area contributed by atoms with Crippen LogP contribution < -0.4 is 10.2 Å². The van der Waals surface area contributed by atoms with Crippen molar-refractivity contribution < 1.29 is 0 Å². The number of hydrogen-bond acceptors (Lipinski definition) is 3. The molecule has 3 heteroatoms. The van der Waals surface area contributed by atoms with E-state index in [-0.39, 0.29) is 11.8 Å². The third-order valence-electron chi connectivity index (χ3n) is 15.0. The highest BCUT2D eigenvalue weighted by molar-refractivity contribution is 6.27. The molecule has 61 heavy (non-hydrogen) atoms. The van der Waals surface area contributed by atoms with E-state index in [1.807, 2.05) is 6.07 Å². The maximum absolute atomic E-state index is 10.0. The van der Waals surface area contributed by atoms with Gasteiger partial charge in [-0.05, 0) is 159 Å². The average molecular weight is 794 g/mol. The van der Waals surface area contributed by atoms with Gasteiger partial charge in [0.25, 0.3) is 0 Å². The van der Waals surface area contributed by atoms with Gasteiger partial charge in [-0.25, -0.2) is 0 Å². The summed E-state index contributed by atoms with van der Waals surface area (Å²) in [6.45, 7) is 4.55. The molecule has 2 unspecified atom stereocenters. The molecule has 8 aromatic carbocycles. The van der Waals surface area contributed by atoms with Gasteiger partial charge in [0.2, 0.25) is 0 Å². The topological polar surface area (TPSA) is 39.1 Å². The van der Waals surface area contributed by atoms with Crippen molar-refractivity contribution in [2.24, 2.45) is 0 Å². The van der Waals surface area contributed by atoms with Crippen molar-refractivity contribution in [3.05, 3.63) is 185 Å². The summed E-state index contributed by atoms with van der Waals surface area (Å²) in [5.74, 6) is 2.06. The molecule has 3 fully saturated rings. The van der Waals surface area contributed by atoms with Gasteiger partial charge in [0, 0.05) is 35.8 Å². The van der Waals surface area contributed by atoms with E-state index in [0.717, 1.165) is 25.1 Å². The molecule has 0 aromatic heterocycles. The largest absolute Gasteiger partial charge is 0.315 e. The summed E-state index contributed by atoms with van der Waals surface area (Å²) in [6.07, 6.45) is 11.1. The Morgan fingerprint density at radius 3 is 1.87 bits per heavy atom. The van der Waals surface area contributed by atoms with Gasteiger partial charge in [-0.3, -0.25) is 0 Å². The van der Waals surface area contributed by atoms with Crippen molar-refractivity contribution in [3.63, 3.8) is 0 Å². The molecule has 1 saturated heterocycles. The molecule has 0 spiro atoms. The first-order valence-corrected chi connectivity index (χ1v) is 23.1. The minimum Gasteiger partial charge on any atom is -0.315 e. The Bertz CT molecular complexity index is 2870. The summed E-state index contributed by atoms with van der Waals surface area (Å²) in [5.41, 5.74) is 12.9. The predicted molar refractivity (Wildman–Crippen MR) is 255 cm³/mol. The number of hydrogen-bond donors (Lipinski definition) is 1. The number of nitriles is 1. The van der Waals surface area contributed by atoms with E-state index in [1.165, 1.54) is 129 Å². The number of anilines is 3. The summed E-state index contributed by atoms with van der Waals surface area (Å²) >= 11 is 0. The second-order valence-corrected chi connectivity index (χ2v) is 18.5. The van der Waals surface area contributed by atoms with Gasteiger partial charge in [-0.2, -0.15) is 5.26 Å². The molecule has 0 bridgehead atoms. The van der Waals surface area contributed by atoms with E-state index in [2.05, 4.69) is 163 Å². The van der Waals surface area contributed by atoms with E-state index in [4.69, 9.17) is 0 Å². The fourth-order valence-corrected chi connectivity index (χ4v) is 11.7. The summed E-state index contributed by atoms with van der Waals surface area (Å²) in [5, 5.41) is 22.1. The number of rotatable bonds is 11. The van der Waals surface area contributed by atoms with Crippen LogP contribution in [0.1, 0.15) is 127 Å². The van der Waals surface area contributed by atoms with Crippen LogP contribution in [0.4, 0.5) is 17.1 Å². The summed E-state index contributed by atoms with van der Waals surface area (Å²) in [7, 11) is 0. The molecule has 1 aliphatic heterocycles. The lowest BCUT2D eigenvalue weighted by Gasteiger charge is -2.32. The van der Waals surface area contributed by atoms with Crippen LogP contribution in [-0.2, 0) is 6.42 Å². The normalized spacial score (nSPS) is 17.2. The van der Waals surface area contributed by atoms with E-state index < -0.39 is 0 Å². The number of benzene rings is 8. The van der Waals surface area contributed by atoms with Crippen molar-refractivity contribution in [1.82, 2.24) is 5.32 Å². The molecule has 1 N–H and O–H groups in total. The Hall–Kier alpha value is -5.95. The molecule has 0 amide bonds. The van der Waals surface area contributed by atoms with Crippen molar-refractivity contribution in [2.75, 3.05) is 18.0 Å². The molecule has 2 atom stereocenters. The van der Waals surface area contributed by atoms with Gasteiger partial charge in [0.1, 0.15) is 0 Å². The van der Waals surface area contributed by atoms with Gasteiger partial charge in [-0.1, -0.05) is 136 Å². The van der Waals surface area contributed by atoms with E-state index >= 15 is 0 Å². The van der Waals surface area contributed by atoms with Crippen LogP contribution in [0.2, 0.25) is 0 Å². The van der Waals surface area contributed by atoms with Gasteiger partial charge < -0.3 is 10.2 Å². The minimum absolute atomic E-state index is 0.196. The average Bonchev–Trinajstić information content (AvgIpc) is 4.04. The monoisotopic (exact) mass is 793 g/mol. The summed E-state index contributed by atoms with van der Waals surface area (Å²) < 4.78 is 0. The van der Waals surface area contributed by atoms with Crippen molar-refractivity contribution in [1.29, 1.82) is 5.26 Å². The maximum Gasteiger partial charge on any atom is 0.0991 e. The first-order valence-electron chi connectivity index (χ1n) is 23.1. The highest BCUT2D eigenvalue weighted by atomic mass is 15.1. The fraction of sp³-hybridized carbons (Fsp3) is 0.293. The lowest BCUT2D eigenvalue weighted by Crippen LogP contribution is -2.39. The Balaban J connectivity index is 1.19. The molecular formula is C58H55N3. The summed E-state index contributed by atoms with van der Waals surface area (Å²) in [4.78, 5) is 2.57. The molecule has 1 heterocycles. The van der Waals surface area contributed by atoms with Gasteiger partial charge in [0.15, 0.2) is 0 Å². The van der Waals surface area contributed by atoms with Gasteiger partial charge in [0.05, 0.1) is 17.3 Å². The Labute approximate surface area is 361 Å². The van der Waals surface area contributed by atoms with Crippen LogP contribution in [-0.4, -0.2) is 13.1 Å². The number of nitrogens with one attached hydrogen (secondary N) is 1. The highest BCUT2D eigenvalue weighted by Gasteiger charge is 2.31. The van der Waals surface area contributed by atoms with E-state index in [1.54, 1.807) is 5.56 Å². The zero-order valence-electron chi connectivity index (χ0n) is 35.4. The Morgan fingerprint density at radius 1 is 0.590 bits per heavy atom. The molecule has 2 aliphatic carbocycles. The van der Waals surface area contributed by atoms with Crippen LogP contribution in [0.5, 0.6) is 0 Å². The minimum atomic E-state index is 0.196. The number of para-hydroxylation sites is 1. The quantitative estimate of drug-likeness (QED) is 0.133. The molecular weight excluding hydrogens is 739 g/mol. The Morgan fingerprint density at radius 2 is 1.20 bits per heavy atom. The van der Waals surface area contributed by atoms with Crippen molar-refractivity contribution in [3.8, 4) is 6.07 Å². The smallest absolute Gasteiger partial charge is 0.0991 e. The van der Waals surface area contributed by atoms with Crippen LogP contribution in [0.3, 0.4) is 0 Å². The zero-order valence-corrected chi connectivity index (χ0v) is 35.4. The first-order chi connectivity index (χ1) is 30.1. The molecule has 0 radical (unpaired) electrons. The zero-order chi connectivity index (χ0) is 40.9. The fourth-order valence-electron chi connectivity index (χ4n) is 11.7. The molecule has 8 aromatic rings. The maximum atomic E-state index is 10.0. The SMILES string of the molecule is CC(c1cc(C2CCCC2)c2ccc3c(N(c4ccccc4)c4cccc(C5CNC5)c4)cc(C4CCCC4)c4ccc1c2c43)C(Cc1ccccc1)c1cccc(C#N)c1. The second-order valence-electron chi connectivity index (χ2n) is 18.5.